The minimum absolute atomic E-state index is 0.102. The van der Waals surface area contributed by atoms with Crippen molar-refractivity contribution in [3.05, 3.63) is 65.2 Å². The number of hydrogen-bond acceptors (Lipinski definition) is 3. The van der Waals surface area contributed by atoms with Crippen LogP contribution >= 0.6 is 0 Å². The summed E-state index contributed by atoms with van der Waals surface area (Å²) in [6, 6.07) is 13.9. The summed E-state index contributed by atoms with van der Waals surface area (Å²) in [5, 5.41) is 2.80. The minimum atomic E-state index is -3.55. The van der Waals surface area contributed by atoms with Crippen molar-refractivity contribution in [2.45, 2.75) is 18.4 Å². The molecule has 0 bridgehead atoms. The van der Waals surface area contributed by atoms with Crippen LogP contribution in [0.1, 0.15) is 21.5 Å². The van der Waals surface area contributed by atoms with Gasteiger partial charge in [-0.15, -0.1) is 0 Å². The lowest BCUT2D eigenvalue weighted by molar-refractivity contribution is 0.0950. The van der Waals surface area contributed by atoms with Crippen molar-refractivity contribution in [1.82, 2.24) is 9.62 Å². The standard InChI is InChI=1S/C17H20N2O3S/c1-13-7-9-14(10-8-13)12-18-17(20)15-5-4-6-16(11-15)23(21,22)19(2)3/h4-11H,12H2,1-3H3,(H,18,20). The van der Waals surface area contributed by atoms with Gasteiger partial charge in [0.2, 0.25) is 10.0 Å². The molecule has 0 heterocycles. The van der Waals surface area contributed by atoms with E-state index in [1.54, 1.807) is 12.1 Å². The highest BCUT2D eigenvalue weighted by atomic mass is 32.2. The van der Waals surface area contributed by atoms with Crippen LogP contribution in [0.5, 0.6) is 0 Å². The molecular weight excluding hydrogens is 312 g/mol. The molecule has 122 valence electrons. The first-order valence-electron chi connectivity index (χ1n) is 7.17. The second kappa shape index (κ2) is 6.93. The maximum atomic E-state index is 12.2. The molecule has 0 aliphatic carbocycles. The summed E-state index contributed by atoms with van der Waals surface area (Å²) in [5.74, 6) is -0.304. The lowest BCUT2D eigenvalue weighted by Crippen LogP contribution is -2.25. The van der Waals surface area contributed by atoms with E-state index in [1.165, 1.54) is 26.2 Å². The molecule has 0 atom stereocenters. The topological polar surface area (TPSA) is 66.5 Å². The molecule has 23 heavy (non-hydrogen) atoms. The van der Waals surface area contributed by atoms with E-state index in [4.69, 9.17) is 0 Å². The molecule has 2 aromatic carbocycles. The fraction of sp³-hybridized carbons (Fsp3) is 0.235. The summed E-state index contributed by atoms with van der Waals surface area (Å²) < 4.78 is 25.3. The number of sulfonamides is 1. The molecule has 0 aliphatic heterocycles. The normalized spacial score (nSPS) is 11.5. The zero-order valence-corrected chi connectivity index (χ0v) is 14.2. The second-order valence-corrected chi connectivity index (χ2v) is 7.64. The van der Waals surface area contributed by atoms with Gasteiger partial charge in [-0.1, -0.05) is 35.9 Å². The Morgan fingerprint density at radius 2 is 1.74 bits per heavy atom. The van der Waals surface area contributed by atoms with Crippen molar-refractivity contribution in [2.75, 3.05) is 14.1 Å². The Bertz CT molecular complexity index is 797. The largest absolute Gasteiger partial charge is 0.348 e. The van der Waals surface area contributed by atoms with Gasteiger partial charge in [-0.05, 0) is 30.7 Å². The number of nitrogens with one attached hydrogen (secondary N) is 1. The summed E-state index contributed by atoms with van der Waals surface area (Å²) in [7, 11) is -0.636. The van der Waals surface area contributed by atoms with E-state index in [-0.39, 0.29) is 10.8 Å². The Morgan fingerprint density at radius 3 is 2.35 bits per heavy atom. The Kier molecular flexibility index (Phi) is 5.18. The Hall–Kier alpha value is -2.18. The van der Waals surface area contributed by atoms with Crippen LogP contribution in [0.2, 0.25) is 0 Å². The van der Waals surface area contributed by atoms with Gasteiger partial charge in [0.15, 0.2) is 0 Å². The van der Waals surface area contributed by atoms with Crippen LogP contribution in [-0.2, 0) is 16.6 Å². The van der Waals surface area contributed by atoms with Crippen molar-refractivity contribution >= 4 is 15.9 Å². The second-order valence-electron chi connectivity index (χ2n) is 5.48. The van der Waals surface area contributed by atoms with Crippen LogP contribution in [0.15, 0.2) is 53.4 Å². The molecule has 0 saturated carbocycles. The van der Waals surface area contributed by atoms with E-state index in [0.717, 1.165) is 15.4 Å². The number of carbonyl (C=O) groups is 1. The van der Waals surface area contributed by atoms with Crippen molar-refractivity contribution in [3.8, 4) is 0 Å². The maximum Gasteiger partial charge on any atom is 0.251 e. The zero-order valence-electron chi connectivity index (χ0n) is 13.4. The molecule has 0 aliphatic rings. The van der Waals surface area contributed by atoms with Crippen LogP contribution in [0, 0.1) is 6.92 Å². The molecule has 0 aromatic heterocycles. The van der Waals surface area contributed by atoms with Crippen LogP contribution in [0.25, 0.3) is 0 Å². The van der Waals surface area contributed by atoms with Crippen molar-refractivity contribution in [1.29, 1.82) is 0 Å². The Labute approximate surface area is 137 Å². The lowest BCUT2D eigenvalue weighted by atomic mass is 10.1. The van der Waals surface area contributed by atoms with Crippen LogP contribution < -0.4 is 5.32 Å². The maximum absolute atomic E-state index is 12.2. The molecule has 2 aromatic rings. The van der Waals surface area contributed by atoms with E-state index in [1.807, 2.05) is 31.2 Å². The molecule has 0 spiro atoms. The highest BCUT2D eigenvalue weighted by molar-refractivity contribution is 7.89. The number of aryl methyl sites for hydroxylation is 1. The van der Waals surface area contributed by atoms with Crippen molar-refractivity contribution in [3.63, 3.8) is 0 Å². The number of nitrogens with zero attached hydrogens (tertiary/aromatic N) is 1. The minimum Gasteiger partial charge on any atom is -0.348 e. The highest BCUT2D eigenvalue weighted by Gasteiger charge is 2.18. The molecule has 0 fully saturated rings. The summed E-state index contributed by atoms with van der Waals surface area (Å²) in [5.41, 5.74) is 2.46. The predicted octanol–water partition coefficient (Wildman–Crippen LogP) is 2.18. The fourth-order valence-electron chi connectivity index (χ4n) is 2.00. The lowest BCUT2D eigenvalue weighted by Gasteiger charge is -2.12. The summed E-state index contributed by atoms with van der Waals surface area (Å²) >= 11 is 0. The number of benzene rings is 2. The van der Waals surface area contributed by atoms with Crippen molar-refractivity contribution < 1.29 is 13.2 Å². The molecule has 2 rings (SSSR count). The van der Waals surface area contributed by atoms with Gasteiger partial charge in [-0.2, -0.15) is 0 Å². The van der Waals surface area contributed by atoms with Gasteiger partial charge in [0, 0.05) is 26.2 Å². The SMILES string of the molecule is Cc1ccc(CNC(=O)c2cccc(S(=O)(=O)N(C)C)c2)cc1. The molecular formula is C17H20N2O3S. The molecule has 6 heteroatoms. The third kappa shape index (κ3) is 4.18. The van der Waals surface area contributed by atoms with E-state index in [9.17, 15) is 13.2 Å². The zero-order chi connectivity index (χ0) is 17.0. The monoisotopic (exact) mass is 332 g/mol. The smallest absolute Gasteiger partial charge is 0.251 e. The van der Waals surface area contributed by atoms with Gasteiger partial charge in [0.1, 0.15) is 0 Å². The van der Waals surface area contributed by atoms with Crippen LogP contribution in [0.4, 0.5) is 0 Å². The predicted molar refractivity (Wildman–Crippen MR) is 89.7 cm³/mol. The van der Waals surface area contributed by atoms with Gasteiger partial charge < -0.3 is 5.32 Å². The molecule has 1 amide bonds. The van der Waals surface area contributed by atoms with Crippen LogP contribution in [-0.4, -0.2) is 32.7 Å². The number of carbonyl (C=O) groups excluding carboxylic acids is 1. The van der Waals surface area contributed by atoms with E-state index < -0.39 is 10.0 Å². The average molecular weight is 332 g/mol. The third-order valence-corrected chi connectivity index (χ3v) is 5.26. The number of amides is 1. The summed E-state index contributed by atoms with van der Waals surface area (Å²) in [6.07, 6.45) is 0. The van der Waals surface area contributed by atoms with Gasteiger partial charge in [-0.3, -0.25) is 4.79 Å². The van der Waals surface area contributed by atoms with Crippen molar-refractivity contribution in [2.24, 2.45) is 0 Å². The van der Waals surface area contributed by atoms with Gasteiger partial charge in [0.25, 0.3) is 5.91 Å². The van der Waals surface area contributed by atoms with Gasteiger partial charge in [-0.25, -0.2) is 12.7 Å². The molecule has 1 N–H and O–H groups in total. The molecule has 0 saturated heterocycles. The first kappa shape index (κ1) is 17.2. The highest BCUT2D eigenvalue weighted by Crippen LogP contribution is 2.15. The summed E-state index contributed by atoms with van der Waals surface area (Å²) in [4.78, 5) is 12.3. The van der Waals surface area contributed by atoms with Gasteiger partial charge in [0.05, 0.1) is 4.90 Å². The summed E-state index contributed by atoms with van der Waals surface area (Å²) in [6.45, 7) is 2.39. The Morgan fingerprint density at radius 1 is 1.09 bits per heavy atom. The van der Waals surface area contributed by atoms with Gasteiger partial charge >= 0.3 is 0 Å². The third-order valence-electron chi connectivity index (χ3n) is 3.45. The first-order valence-corrected chi connectivity index (χ1v) is 8.61. The fourth-order valence-corrected chi connectivity index (χ4v) is 2.95. The molecule has 5 nitrogen and oxygen atoms in total. The first-order chi connectivity index (χ1) is 10.8. The van der Waals surface area contributed by atoms with E-state index >= 15 is 0 Å². The van der Waals surface area contributed by atoms with E-state index in [2.05, 4.69) is 5.32 Å². The average Bonchev–Trinajstić information content (AvgIpc) is 2.54. The number of hydrogen-bond donors (Lipinski definition) is 1. The molecule has 0 radical (unpaired) electrons. The Balaban J connectivity index is 2.12. The van der Waals surface area contributed by atoms with Crippen LogP contribution in [0.3, 0.4) is 0 Å². The quantitative estimate of drug-likeness (QED) is 0.912. The number of rotatable bonds is 5. The molecule has 0 unspecified atom stereocenters. The van der Waals surface area contributed by atoms with E-state index in [0.29, 0.717) is 12.1 Å².